The van der Waals surface area contributed by atoms with Crippen LogP contribution in [0.4, 0.5) is 0 Å². The molecule has 0 aliphatic carbocycles. The molecule has 0 bridgehead atoms. The maximum atomic E-state index is 11.5. The van der Waals surface area contributed by atoms with E-state index in [9.17, 15) is 13.2 Å². The summed E-state index contributed by atoms with van der Waals surface area (Å²) in [5.41, 5.74) is 0. The van der Waals surface area contributed by atoms with Gasteiger partial charge in [-0.05, 0) is 0 Å². The van der Waals surface area contributed by atoms with Crippen LogP contribution in [0, 0.1) is 0 Å². The second-order valence-corrected chi connectivity index (χ2v) is 4.85. The van der Waals surface area contributed by atoms with Gasteiger partial charge in [-0.15, -0.1) is 0 Å². The van der Waals surface area contributed by atoms with Crippen LogP contribution in [0.5, 0.6) is 0 Å². The topological polar surface area (TPSA) is 101 Å². The number of aliphatic carboxylic acids is 1. The van der Waals surface area contributed by atoms with Crippen molar-refractivity contribution in [3.8, 4) is 0 Å². The minimum atomic E-state index is -3.51. The molecule has 0 saturated heterocycles. The van der Waals surface area contributed by atoms with E-state index in [-0.39, 0.29) is 17.9 Å². The summed E-state index contributed by atoms with van der Waals surface area (Å²) in [4.78, 5) is 10.3. The first-order valence-electron chi connectivity index (χ1n) is 4.69. The molecule has 0 atom stereocenters. The number of rotatable bonds is 6. The molecule has 0 fully saturated rings. The molecular formula is C8H13N3O4S. The van der Waals surface area contributed by atoms with Crippen molar-refractivity contribution in [2.24, 2.45) is 0 Å². The van der Waals surface area contributed by atoms with E-state index < -0.39 is 16.0 Å². The van der Waals surface area contributed by atoms with E-state index in [1.54, 1.807) is 6.92 Å². The number of carboxylic acid groups (broad SMARTS) is 1. The molecule has 0 spiro atoms. The molecule has 0 radical (unpaired) electrons. The third-order valence-electron chi connectivity index (χ3n) is 1.81. The molecule has 1 rings (SSSR count). The van der Waals surface area contributed by atoms with Gasteiger partial charge in [0.05, 0.1) is 19.2 Å². The monoisotopic (exact) mass is 247 g/mol. The molecule has 0 aliphatic heterocycles. The molecule has 0 saturated carbocycles. The van der Waals surface area contributed by atoms with E-state index in [1.165, 1.54) is 17.1 Å². The van der Waals surface area contributed by atoms with Crippen LogP contribution in [-0.2, 0) is 21.4 Å². The molecule has 0 unspecified atom stereocenters. The van der Waals surface area contributed by atoms with Gasteiger partial charge in [-0.1, -0.05) is 6.92 Å². The predicted octanol–water partition coefficient (Wildman–Crippen LogP) is -0.344. The smallest absolute Gasteiger partial charge is 0.305 e. The second kappa shape index (κ2) is 5.08. The van der Waals surface area contributed by atoms with Gasteiger partial charge >= 0.3 is 5.97 Å². The quantitative estimate of drug-likeness (QED) is 0.715. The summed E-state index contributed by atoms with van der Waals surface area (Å²) in [5.74, 6) is -0.952. The minimum absolute atomic E-state index is 0.0414. The predicted molar refractivity (Wildman–Crippen MR) is 55.3 cm³/mol. The largest absolute Gasteiger partial charge is 0.481 e. The highest BCUT2D eigenvalue weighted by Crippen LogP contribution is 2.06. The maximum Gasteiger partial charge on any atom is 0.305 e. The lowest BCUT2D eigenvalue weighted by Crippen LogP contribution is -2.22. The highest BCUT2D eigenvalue weighted by Gasteiger charge is 2.14. The molecule has 8 heteroatoms. The lowest BCUT2D eigenvalue weighted by molar-refractivity contribution is -0.137. The molecular weight excluding hydrogens is 234 g/mol. The van der Waals surface area contributed by atoms with Crippen molar-refractivity contribution in [2.75, 3.05) is 6.54 Å². The second-order valence-electron chi connectivity index (χ2n) is 3.08. The van der Waals surface area contributed by atoms with Crippen molar-refractivity contribution in [2.45, 2.75) is 24.8 Å². The van der Waals surface area contributed by atoms with Gasteiger partial charge in [-0.3, -0.25) is 9.48 Å². The summed E-state index contributed by atoms with van der Waals surface area (Å²) in [7, 11) is -3.51. The van der Waals surface area contributed by atoms with Crippen LogP contribution in [0.25, 0.3) is 0 Å². The minimum Gasteiger partial charge on any atom is -0.481 e. The van der Waals surface area contributed by atoms with Crippen LogP contribution >= 0.6 is 0 Å². The van der Waals surface area contributed by atoms with Crippen molar-refractivity contribution < 1.29 is 18.3 Å². The number of carbonyl (C=O) groups is 1. The Bertz CT molecular complexity index is 465. The summed E-state index contributed by atoms with van der Waals surface area (Å²) in [6.45, 7) is 2.12. The fourth-order valence-corrected chi connectivity index (χ4v) is 2.08. The van der Waals surface area contributed by atoms with Crippen molar-refractivity contribution >= 4 is 16.0 Å². The zero-order valence-electron chi connectivity index (χ0n) is 8.75. The number of nitrogens with zero attached hydrogens (tertiary/aromatic N) is 2. The van der Waals surface area contributed by atoms with Gasteiger partial charge in [-0.25, -0.2) is 13.1 Å². The normalized spacial score (nSPS) is 11.6. The van der Waals surface area contributed by atoms with Crippen LogP contribution in [0.3, 0.4) is 0 Å². The van der Waals surface area contributed by atoms with Gasteiger partial charge in [0.1, 0.15) is 4.90 Å². The molecule has 16 heavy (non-hydrogen) atoms. The van der Waals surface area contributed by atoms with Crippen LogP contribution < -0.4 is 4.72 Å². The number of sulfonamides is 1. The summed E-state index contributed by atoms with van der Waals surface area (Å²) in [6.07, 6.45) is 2.41. The molecule has 7 nitrogen and oxygen atoms in total. The number of nitrogens with one attached hydrogen (secondary N) is 1. The molecule has 1 heterocycles. The van der Waals surface area contributed by atoms with Gasteiger partial charge in [-0.2, -0.15) is 5.10 Å². The van der Waals surface area contributed by atoms with Gasteiger partial charge in [0.15, 0.2) is 0 Å². The maximum absolute atomic E-state index is 11.5. The third kappa shape index (κ3) is 3.31. The third-order valence-corrected chi connectivity index (χ3v) is 3.31. The van der Waals surface area contributed by atoms with E-state index in [2.05, 4.69) is 9.82 Å². The Hall–Kier alpha value is -1.41. The van der Waals surface area contributed by atoms with Crippen molar-refractivity contribution in [3.63, 3.8) is 0 Å². The highest BCUT2D eigenvalue weighted by molar-refractivity contribution is 7.89. The zero-order chi connectivity index (χ0) is 12.2. The number of aromatic nitrogens is 2. The zero-order valence-corrected chi connectivity index (χ0v) is 9.57. The molecule has 2 N–H and O–H groups in total. The van der Waals surface area contributed by atoms with E-state index in [0.717, 1.165) is 0 Å². The van der Waals surface area contributed by atoms with E-state index in [0.29, 0.717) is 6.54 Å². The molecule has 0 aromatic carbocycles. The summed E-state index contributed by atoms with van der Waals surface area (Å²) >= 11 is 0. The number of aryl methyl sites for hydroxylation is 1. The van der Waals surface area contributed by atoms with Crippen LogP contribution in [0.2, 0.25) is 0 Å². The standard InChI is InChI=1S/C8H13N3O4S/c1-2-10-16(14,15)7-5-9-11(6-7)4-3-8(12)13/h5-6,10H,2-4H2,1H3,(H,12,13). The van der Waals surface area contributed by atoms with Crippen LogP contribution in [0.15, 0.2) is 17.3 Å². The first kappa shape index (κ1) is 12.7. The van der Waals surface area contributed by atoms with E-state index in [1.807, 2.05) is 0 Å². The lowest BCUT2D eigenvalue weighted by Gasteiger charge is -2.00. The fourth-order valence-electron chi connectivity index (χ4n) is 1.09. The Morgan fingerprint density at radius 3 is 2.88 bits per heavy atom. The Morgan fingerprint density at radius 2 is 2.31 bits per heavy atom. The molecule has 1 aromatic heterocycles. The van der Waals surface area contributed by atoms with Crippen LogP contribution in [-0.4, -0.2) is 35.8 Å². The molecule has 0 aliphatic rings. The summed E-state index contributed by atoms with van der Waals surface area (Å²) in [5, 5.41) is 12.2. The molecule has 90 valence electrons. The highest BCUT2D eigenvalue weighted by atomic mass is 32.2. The summed E-state index contributed by atoms with van der Waals surface area (Å²) < 4.78 is 26.6. The number of carboxylic acids is 1. The Labute approximate surface area is 93.1 Å². The lowest BCUT2D eigenvalue weighted by atomic mass is 10.4. The first-order chi connectivity index (χ1) is 7.45. The molecule has 1 aromatic rings. The van der Waals surface area contributed by atoms with E-state index in [4.69, 9.17) is 5.11 Å². The Kier molecular flexibility index (Phi) is 4.02. The SMILES string of the molecule is CCNS(=O)(=O)c1cnn(CCC(=O)O)c1. The Balaban J connectivity index is 2.75. The summed E-state index contributed by atoms with van der Waals surface area (Å²) in [6, 6.07) is 0. The number of hydrogen-bond donors (Lipinski definition) is 2. The van der Waals surface area contributed by atoms with Gasteiger partial charge < -0.3 is 5.11 Å². The van der Waals surface area contributed by atoms with Crippen molar-refractivity contribution in [3.05, 3.63) is 12.4 Å². The van der Waals surface area contributed by atoms with Crippen molar-refractivity contribution in [1.82, 2.24) is 14.5 Å². The van der Waals surface area contributed by atoms with E-state index >= 15 is 0 Å². The Morgan fingerprint density at radius 1 is 1.62 bits per heavy atom. The average Bonchev–Trinajstić information content (AvgIpc) is 2.63. The number of hydrogen-bond acceptors (Lipinski definition) is 4. The van der Waals surface area contributed by atoms with Gasteiger partial charge in [0, 0.05) is 12.7 Å². The molecule has 0 amide bonds. The van der Waals surface area contributed by atoms with Crippen molar-refractivity contribution in [1.29, 1.82) is 0 Å². The fraction of sp³-hybridized carbons (Fsp3) is 0.500. The van der Waals surface area contributed by atoms with Crippen LogP contribution in [0.1, 0.15) is 13.3 Å². The van der Waals surface area contributed by atoms with Gasteiger partial charge in [0.2, 0.25) is 10.0 Å². The average molecular weight is 247 g/mol. The first-order valence-corrected chi connectivity index (χ1v) is 6.18. The van der Waals surface area contributed by atoms with Gasteiger partial charge in [0.25, 0.3) is 0 Å².